The zero-order valence-electron chi connectivity index (χ0n) is 20.2. The maximum absolute atomic E-state index is 13.3. The van der Waals surface area contributed by atoms with Crippen molar-refractivity contribution in [3.8, 4) is 0 Å². The summed E-state index contributed by atoms with van der Waals surface area (Å²) in [4.78, 5) is 29.6. The number of aromatic nitrogens is 1. The summed E-state index contributed by atoms with van der Waals surface area (Å²) in [5.41, 5.74) is 2.09. The third kappa shape index (κ3) is 7.70. The molecule has 1 heterocycles. The fourth-order valence-corrected chi connectivity index (χ4v) is 3.89. The summed E-state index contributed by atoms with van der Waals surface area (Å²) in [6.45, 7) is 12.7. The van der Waals surface area contributed by atoms with Gasteiger partial charge in [0.25, 0.3) is 0 Å². The van der Waals surface area contributed by atoms with Crippen LogP contribution in [0, 0.1) is 11.8 Å². The van der Waals surface area contributed by atoms with E-state index in [1.165, 1.54) is 0 Å². The first-order chi connectivity index (χ1) is 15.2. The molecule has 2 rings (SSSR count). The number of rotatable bonds is 12. The average Bonchev–Trinajstić information content (AvgIpc) is 3.17. The molecule has 0 radical (unpaired) electrons. The van der Waals surface area contributed by atoms with Crippen molar-refractivity contribution in [2.75, 3.05) is 19.6 Å². The largest absolute Gasteiger partial charge is 0.345 e. The highest BCUT2D eigenvalue weighted by Crippen LogP contribution is 2.19. The van der Waals surface area contributed by atoms with E-state index in [-0.39, 0.29) is 24.3 Å². The second-order valence-corrected chi connectivity index (χ2v) is 9.56. The third-order valence-electron chi connectivity index (χ3n) is 5.43. The minimum Gasteiger partial charge on any atom is -0.345 e. The highest BCUT2D eigenvalue weighted by molar-refractivity contribution is 6.31. The number of carbonyl (C=O) groups is 2. The lowest BCUT2D eigenvalue weighted by molar-refractivity contribution is -0.143. The molecule has 5 nitrogen and oxygen atoms in total. The summed E-state index contributed by atoms with van der Waals surface area (Å²) >= 11 is 6.36. The Morgan fingerprint density at radius 2 is 1.75 bits per heavy atom. The fraction of sp³-hybridized carbons (Fsp3) is 0.538. The van der Waals surface area contributed by atoms with Gasteiger partial charge in [-0.15, -0.1) is 0 Å². The summed E-state index contributed by atoms with van der Waals surface area (Å²) in [7, 11) is 0. The monoisotopic (exact) mass is 459 g/mol. The van der Waals surface area contributed by atoms with Gasteiger partial charge < -0.3 is 14.4 Å². The van der Waals surface area contributed by atoms with Crippen LogP contribution in [0.15, 0.2) is 42.6 Å². The number of amides is 2. The van der Waals surface area contributed by atoms with Crippen molar-refractivity contribution in [1.29, 1.82) is 0 Å². The van der Waals surface area contributed by atoms with Gasteiger partial charge in [-0.3, -0.25) is 9.59 Å². The Labute approximate surface area is 198 Å². The van der Waals surface area contributed by atoms with Crippen LogP contribution >= 0.6 is 11.6 Å². The van der Waals surface area contributed by atoms with Gasteiger partial charge in [0.05, 0.1) is 13.1 Å². The van der Waals surface area contributed by atoms with Crippen molar-refractivity contribution in [2.45, 2.75) is 60.5 Å². The molecule has 6 heteroatoms. The molecule has 0 N–H and O–H groups in total. The lowest BCUT2D eigenvalue weighted by Gasteiger charge is -2.30. The summed E-state index contributed by atoms with van der Waals surface area (Å²) in [5.74, 6) is 0.245. The van der Waals surface area contributed by atoms with Crippen LogP contribution in [0.25, 0.3) is 0 Å². The van der Waals surface area contributed by atoms with Crippen LogP contribution in [0.2, 0.25) is 5.02 Å². The molecule has 2 amide bonds. The van der Waals surface area contributed by atoms with E-state index in [1.807, 2.05) is 61.3 Å². The molecule has 0 fully saturated rings. The molecule has 0 atom stereocenters. The van der Waals surface area contributed by atoms with Crippen LogP contribution in [0.4, 0.5) is 0 Å². The number of nitrogens with zero attached hydrogens (tertiary/aromatic N) is 3. The summed E-state index contributed by atoms with van der Waals surface area (Å²) in [6, 6.07) is 11.9. The van der Waals surface area contributed by atoms with Crippen molar-refractivity contribution < 1.29 is 9.59 Å². The van der Waals surface area contributed by atoms with Gasteiger partial charge in [0.15, 0.2) is 0 Å². The van der Waals surface area contributed by atoms with Gasteiger partial charge >= 0.3 is 0 Å². The van der Waals surface area contributed by atoms with E-state index in [2.05, 4.69) is 25.3 Å². The lowest BCUT2D eigenvalue weighted by atomic mass is 10.1. The molecule has 32 heavy (non-hydrogen) atoms. The van der Waals surface area contributed by atoms with Gasteiger partial charge in [-0.25, -0.2) is 0 Å². The average molecular weight is 460 g/mol. The molecule has 0 saturated heterocycles. The fourth-order valence-electron chi connectivity index (χ4n) is 3.69. The number of unbranched alkanes of at least 4 members (excludes halogenated alkanes) is 1. The first-order valence-corrected chi connectivity index (χ1v) is 12.0. The van der Waals surface area contributed by atoms with E-state index in [0.717, 1.165) is 29.1 Å². The maximum atomic E-state index is 13.3. The highest BCUT2D eigenvalue weighted by atomic mass is 35.5. The standard InChI is InChI=1S/C26H38ClN3O2/c1-6-7-14-29(26(32)21(4)5)19-25(31)30(16-20(2)3)18-23-12-10-15-28(23)17-22-11-8-9-13-24(22)27/h8-13,15,20-21H,6-7,14,16-19H2,1-5H3. The molecule has 0 bridgehead atoms. The van der Waals surface area contributed by atoms with E-state index >= 15 is 0 Å². The Balaban J connectivity index is 2.18. The van der Waals surface area contributed by atoms with Gasteiger partial charge in [-0.05, 0) is 36.1 Å². The number of benzene rings is 1. The number of carbonyl (C=O) groups excluding carboxylic acids is 2. The normalized spacial score (nSPS) is 11.2. The molecule has 0 aliphatic rings. The van der Waals surface area contributed by atoms with E-state index in [1.54, 1.807) is 4.90 Å². The molecule has 0 aliphatic carbocycles. The second-order valence-electron chi connectivity index (χ2n) is 9.15. The van der Waals surface area contributed by atoms with Gasteiger partial charge in [0, 0.05) is 42.5 Å². The second kappa shape index (κ2) is 12.7. The zero-order valence-corrected chi connectivity index (χ0v) is 20.9. The molecule has 2 aromatic rings. The van der Waals surface area contributed by atoms with Crippen LogP contribution in [0.5, 0.6) is 0 Å². The Hall–Kier alpha value is -2.27. The minimum atomic E-state index is -0.119. The molecule has 0 spiro atoms. The summed E-state index contributed by atoms with van der Waals surface area (Å²) in [5, 5.41) is 0.737. The molecule has 0 aliphatic heterocycles. The number of hydrogen-bond donors (Lipinski definition) is 0. The van der Waals surface area contributed by atoms with Crippen molar-refractivity contribution in [3.63, 3.8) is 0 Å². The first-order valence-electron chi connectivity index (χ1n) is 11.7. The van der Waals surface area contributed by atoms with Gasteiger partial charge in [0.2, 0.25) is 11.8 Å². The lowest BCUT2D eigenvalue weighted by Crippen LogP contribution is -2.45. The van der Waals surface area contributed by atoms with Gasteiger partial charge in [-0.1, -0.05) is 70.8 Å². The van der Waals surface area contributed by atoms with E-state index in [9.17, 15) is 9.59 Å². The van der Waals surface area contributed by atoms with Crippen LogP contribution in [-0.2, 0) is 22.7 Å². The molecule has 1 aromatic carbocycles. The molecule has 1 aromatic heterocycles. The SMILES string of the molecule is CCCCN(CC(=O)N(Cc1cccn1Cc1ccccc1Cl)CC(C)C)C(=O)C(C)C. The van der Waals surface area contributed by atoms with Crippen LogP contribution in [-0.4, -0.2) is 45.8 Å². The molecular formula is C26H38ClN3O2. The molecule has 176 valence electrons. The molecular weight excluding hydrogens is 422 g/mol. The molecule has 0 unspecified atom stereocenters. The highest BCUT2D eigenvalue weighted by Gasteiger charge is 2.24. The smallest absolute Gasteiger partial charge is 0.242 e. The van der Waals surface area contributed by atoms with Crippen molar-refractivity contribution in [1.82, 2.24) is 14.4 Å². The van der Waals surface area contributed by atoms with Crippen LogP contribution in [0.1, 0.15) is 58.7 Å². The Morgan fingerprint density at radius 3 is 2.38 bits per heavy atom. The number of hydrogen-bond acceptors (Lipinski definition) is 2. The van der Waals surface area contributed by atoms with E-state index in [4.69, 9.17) is 11.6 Å². The van der Waals surface area contributed by atoms with Crippen molar-refractivity contribution in [3.05, 3.63) is 58.9 Å². The zero-order chi connectivity index (χ0) is 23.7. The van der Waals surface area contributed by atoms with Gasteiger partial charge in [-0.2, -0.15) is 0 Å². The first kappa shape index (κ1) is 26.0. The number of halogens is 1. The van der Waals surface area contributed by atoms with Crippen molar-refractivity contribution in [2.24, 2.45) is 11.8 Å². The predicted molar refractivity (Wildman–Crippen MR) is 132 cm³/mol. The Morgan fingerprint density at radius 1 is 1.03 bits per heavy atom. The predicted octanol–water partition coefficient (Wildman–Crippen LogP) is 5.46. The summed E-state index contributed by atoms with van der Waals surface area (Å²) < 4.78 is 2.13. The quantitative estimate of drug-likeness (QED) is 0.423. The van der Waals surface area contributed by atoms with Crippen molar-refractivity contribution >= 4 is 23.4 Å². The Bertz CT molecular complexity index is 875. The summed E-state index contributed by atoms with van der Waals surface area (Å²) in [6.07, 6.45) is 3.91. The topological polar surface area (TPSA) is 45.6 Å². The molecule has 0 saturated carbocycles. The van der Waals surface area contributed by atoms with E-state index in [0.29, 0.717) is 32.1 Å². The Kier molecular flexibility index (Phi) is 10.3. The minimum absolute atomic E-state index is 0.00528. The van der Waals surface area contributed by atoms with Crippen LogP contribution < -0.4 is 0 Å². The van der Waals surface area contributed by atoms with Crippen LogP contribution in [0.3, 0.4) is 0 Å². The maximum Gasteiger partial charge on any atom is 0.242 e. The van der Waals surface area contributed by atoms with E-state index < -0.39 is 0 Å². The third-order valence-corrected chi connectivity index (χ3v) is 5.80. The van der Waals surface area contributed by atoms with Gasteiger partial charge in [0.1, 0.15) is 0 Å².